The quantitative estimate of drug-likeness (QED) is 0.533. The number of fused-ring (bicyclic) bond motifs is 1. The van der Waals surface area contributed by atoms with Gasteiger partial charge < -0.3 is 10.1 Å². The fraction of sp³-hybridized carbons (Fsp3) is 0.118. The molecular weight excluding hydrogens is 455 g/mol. The molecule has 0 radical (unpaired) electrons. The molecule has 0 fully saturated rings. The zero-order valence-electron chi connectivity index (χ0n) is 11.9. The van der Waals surface area contributed by atoms with Crippen molar-refractivity contribution in [2.45, 2.75) is 6.54 Å². The minimum absolute atomic E-state index is 0.714. The highest BCUT2D eigenvalue weighted by molar-refractivity contribution is 14.1. The Morgan fingerprint density at radius 3 is 2.64 bits per heavy atom. The molecule has 0 amide bonds. The van der Waals surface area contributed by atoms with Gasteiger partial charge in [-0.3, -0.25) is 0 Å². The summed E-state index contributed by atoms with van der Waals surface area (Å²) in [5.74, 6) is 1.72. The van der Waals surface area contributed by atoms with Crippen LogP contribution in [0.15, 0.2) is 53.0 Å². The van der Waals surface area contributed by atoms with Crippen LogP contribution in [-0.2, 0) is 6.54 Å². The van der Waals surface area contributed by atoms with Crippen molar-refractivity contribution in [3.63, 3.8) is 0 Å². The summed E-state index contributed by atoms with van der Waals surface area (Å²) in [5.41, 5.74) is 2.16. The second-order valence-corrected chi connectivity index (χ2v) is 6.96. The van der Waals surface area contributed by atoms with Crippen LogP contribution in [0.1, 0.15) is 5.56 Å². The summed E-state index contributed by atoms with van der Waals surface area (Å²) in [7, 11) is 1.67. The minimum Gasteiger partial charge on any atom is -0.497 e. The zero-order valence-corrected chi connectivity index (χ0v) is 15.7. The van der Waals surface area contributed by atoms with E-state index < -0.39 is 0 Å². The fourth-order valence-electron chi connectivity index (χ4n) is 2.17. The molecule has 0 spiro atoms. The highest BCUT2D eigenvalue weighted by atomic mass is 127. The van der Waals surface area contributed by atoms with Gasteiger partial charge in [0.2, 0.25) is 0 Å². The van der Waals surface area contributed by atoms with Crippen LogP contribution in [0.3, 0.4) is 0 Å². The largest absolute Gasteiger partial charge is 0.497 e. The van der Waals surface area contributed by atoms with Crippen molar-refractivity contribution < 1.29 is 4.74 Å². The number of pyridine rings is 1. The number of rotatable bonds is 4. The molecule has 112 valence electrons. The molecule has 0 aliphatic heterocycles. The predicted molar refractivity (Wildman–Crippen MR) is 102 cm³/mol. The lowest BCUT2D eigenvalue weighted by Gasteiger charge is -2.10. The van der Waals surface area contributed by atoms with Crippen molar-refractivity contribution >= 4 is 55.2 Å². The third-order valence-electron chi connectivity index (χ3n) is 3.35. The van der Waals surface area contributed by atoms with Crippen molar-refractivity contribution in [1.82, 2.24) is 4.98 Å². The molecule has 5 heteroatoms. The summed E-state index contributed by atoms with van der Waals surface area (Å²) in [6, 6.07) is 16.3. The number of hydrogen-bond acceptors (Lipinski definition) is 3. The third kappa shape index (κ3) is 3.52. The lowest BCUT2D eigenvalue weighted by atomic mass is 10.2. The van der Waals surface area contributed by atoms with Gasteiger partial charge in [-0.25, -0.2) is 4.98 Å². The van der Waals surface area contributed by atoms with Crippen molar-refractivity contribution in [3.05, 3.63) is 62.1 Å². The van der Waals surface area contributed by atoms with Crippen LogP contribution >= 0.6 is 38.5 Å². The molecule has 3 rings (SSSR count). The van der Waals surface area contributed by atoms with Crippen molar-refractivity contribution in [2.24, 2.45) is 0 Å². The average Bonchev–Trinajstić information content (AvgIpc) is 2.53. The Bertz CT molecular complexity index is 806. The van der Waals surface area contributed by atoms with E-state index in [1.54, 1.807) is 7.11 Å². The number of hydrogen-bond donors (Lipinski definition) is 1. The smallest absolute Gasteiger partial charge is 0.141 e. The maximum absolute atomic E-state index is 5.17. The van der Waals surface area contributed by atoms with Gasteiger partial charge in [0.1, 0.15) is 11.6 Å². The van der Waals surface area contributed by atoms with E-state index in [9.17, 15) is 0 Å². The van der Waals surface area contributed by atoms with Gasteiger partial charge in [-0.15, -0.1) is 0 Å². The van der Waals surface area contributed by atoms with Crippen LogP contribution in [0.5, 0.6) is 5.75 Å². The lowest BCUT2D eigenvalue weighted by molar-refractivity contribution is 0.414. The van der Waals surface area contributed by atoms with Crippen LogP contribution in [0.4, 0.5) is 5.82 Å². The van der Waals surface area contributed by atoms with Crippen LogP contribution in [0.2, 0.25) is 0 Å². The van der Waals surface area contributed by atoms with Gasteiger partial charge in [0, 0.05) is 15.5 Å². The first-order valence-corrected chi connectivity index (χ1v) is 8.65. The molecule has 0 bridgehead atoms. The second kappa shape index (κ2) is 6.83. The summed E-state index contributed by atoms with van der Waals surface area (Å²) in [6.07, 6.45) is 0. The van der Waals surface area contributed by atoms with E-state index in [-0.39, 0.29) is 0 Å². The maximum atomic E-state index is 5.17. The zero-order chi connectivity index (χ0) is 15.5. The monoisotopic (exact) mass is 468 g/mol. The molecule has 0 aliphatic carbocycles. The van der Waals surface area contributed by atoms with E-state index in [0.717, 1.165) is 26.9 Å². The van der Waals surface area contributed by atoms with E-state index in [1.807, 2.05) is 30.3 Å². The topological polar surface area (TPSA) is 34.1 Å². The summed E-state index contributed by atoms with van der Waals surface area (Å²) in [5, 5.41) is 4.51. The molecule has 22 heavy (non-hydrogen) atoms. The number of aromatic nitrogens is 1. The highest BCUT2D eigenvalue weighted by Gasteiger charge is 2.05. The van der Waals surface area contributed by atoms with Crippen molar-refractivity contribution in [2.75, 3.05) is 12.4 Å². The molecule has 0 aliphatic rings. The summed E-state index contributed by atoms with van der Waals surface area (Å²) >= 11 is 5.90. The molecule has 0 saturated heterocycles. The Hall–Kier alpha value is -1.34. The molecule has 0 unspecified atom stereocenters. The average molecular weight is 469 g/mol. The molecule has 0 atom stereocenters. The van der Waals surface area contributed by atoms with Crippen LogP contribution in [-0.4, -0.2) is 12.1 Å². The molecule has 1 heterocycles. The molecular formula is C17H14BrIN2O. The number of methoxy groups -OCH3 is 1. The lowest BCUT2D eigenvalue weighted by Crippen LogP contribution is -2.02. The van der Waals surface area contributed by atoms with Gasteiger partial charge in [0.05, 0.1) is 17.1 Å². The maximum Gasteiger partial charge on any atom is 0.141 e. The Morgan fingerprint density at radius 2 is 1.91 bits per heavy atom. The van der Waals surface area contributed by atoms with Gasteiger partial charge >= 0.3 is 0 Å². The molecule has 0 saturated carbocycles. The molecule has 1 N–H and O–H groups in total. The Kier molecular flexibility index (Phi) is 4.83. The first-order valence-electron chi connectivity index (χ1n) is 6.78. The van der Waals surface area contributed by atoms with E-state index in [0.29, 0.717) is 6.54 Å². The van der Waals surface area contributed by atoms with E-state index >= 15 is 0 Å². The molecule has 2 aromatic carbocycles. The number of benzene rings is 2. The first kappa shape index (κ1) is 15.6. The van der Waals surface area contributed by atoms with Gasteiger partial charge in [0.15, 0.2) is 0 Å². The summed E-state index contributed by atoms with van der Waals surface area (Å²) in [4.78, 5) is 4.68. The van der Waals surface area contributed by atoms with Gasteiger partial charge in [-0.2, -0.15) is 0 Å². The Morgan fingerprint density at radius 1 is 1.14 bits per heavy atom. The molecule has 3 aromatic rings. The molecule has 1 aromatic heterocycles. The SMILES string of the molecule is COc1ccc(CNc2nc3ccc(I)cc3cc2Br)cc1. The summed E-state index contributed by atoms with van der Waals surface area (Å²) in [6.45, 7) is 0.714. The second-order valence-electron chi connectivity index (χ2n) is 4.86. The minimum atomic E-state index is 0.714. The highest BCUT2D eigenvalue weighted by Crippen LogP contribution is 2.27. The Labute approximate surface area is 151 Å². The number of ether oxygens (including phenoxy) is 1. The normalized spacial score (nSPS) is 10.7. The third-order valence-corrected chi connectivity index (χ3v) is 4.62. The van der Waals surface area contributed by atoms with Crippen LogP contribution in [0, 0.1) is 3.57 Å². The van der Waals surface area contributed by atoms with Crippen molar-refractivity contribution in [1.29, 1.82) is 0 Å². The first-order chi connectivity index (χ1) is 10.7. The van der Waals surface area contributed by atoms with Gasteiger partial charge in [0.25, 0.3) is 0 Å². The Balaban J connectivity index is 1.80. The summed E-state index contributed by atoms with van der Waals surface area (Å²) < 4.78 is 7.34. The number of halogens is 2. The van der Waals surface area contributed by atoms with Gasteiger partial charge in [-0.1, -0.05) is 12.1 Å². The van der Waals surface area contributed by atoms with E-state index in [4.69, 9.17) is 4.74 Å². The fourth-order valence-corrected chi connectivity index (χ4v) is 3.17. The van der Waals surface area contributed by atoms with Crippen molar-refractivity contribution in [3.8, 4) is 5.75 Å². The van der Waals surface area contributed by atoms with Gasteiger partial charge in [-0.05, 0) is 80.5 Å². The van der Waals surface area contributed by atoms with Crippen LogP contribution < -0.4 is 10.1 Å². The number of nitrogens with zero attached hydrogens (tertiary/aromatic N) is 1. The number of nitrogens with one attached hydrogen (secondary N) is 1. The standard InChI is InChI=1S/C17H14BrIN2O/c1-22-14-5-2-11(3-6-14)10-20-17-15(18)9-12-8-13(19)4-7-16(12)21-17/h2-9H,10H2,1H3,(H,20,21). The predicted octanol–water partition coefficient (Wildman–Crippen LogP) is 5.22. The molecule has 3 nitrogen and oxygen atoms in total. The van der Waals surface area contributed by atoms with E-state index in [1.165, 1.54) is 9.13 Å². The van der Waals surface area contributed by atoms with E-state index in [2.05, 4.69) is 67.0 Å². The van der Waals surface area contributed by atoms with Crippen LogP contribution in [0.25, 0.3) is 10.9 Å². The number of anilines is 1.